The Morgan fingerprint density at radius 1 is 1.38 bits per heavy atom. The van der Waals surface area contributed by atoms with Gasteiger partial charge < -0.3 is 5.11 Å². The van der Waals surface area contributed by atoms with Gasteiger partial charge in [0.25, 0.3) is 0 Å². The molecule has 5 nitrogen and oxygen atoms in total. The van der Waals surface area contributed by atoms with E-state index in [-0.39, 0.29) is 21.9 Å². The van der Waals surface area contributed by atoms with E-state index in [1.165, 1.54) is 23.9 Å². The Labute approximate surface area is 142 Å². The van der Waals surface area contributed by atoms with Crippen molar-refractivity contribution in [3.63, 3.8) is 0 Å². The van der Waals surface area contributed by atoms with Gasteiger partial charge >= 0.3 is 5.97 Å². The molecule has 1 aliphatic rings. The van der Waals surface area contributed by atoms with Crippen molar-refractivity contribution < 1.29 is 18.3 Å². The first-order valence-corrected chi connectivity index (χ1v) is 9.95. The van der Waals surface area contributed by atoms with E-state index in [1.54, 1.807) is 12.1 Å². The number of hydrogen-bond acceptors (Lipinski definition) is 4. The summed E-state index contributed by atoms with van der Waals surface area (Å²) in [7, 11) is -3.82. The number of benzene rings is 1. The lowest BCUT2D eigenvalue weighted by molar-refractivity contribution is -0.140. The van der Waals surface area contributed by atoms with Crippen molar-refractivity contribution in [1.82, 2.24) is 4.31 Å². The maximum atomic E-state index is 12.8. The molecule has 2 rings (SSSR count). The molecule has 1 saturated heterocycles. The van der Waals surface area contributed by atoms with E-state index < -0.39 is 22.0 Å². The third-order valence-corrected chi connectivity index (χ3v) is 7.61. The Balaban J connectivity index is 2.47. The minimum Gasteiger partial charge on any atom is -0.480 e. The average molecular weight is 441 g/mol. The van der Waals surface area contributed by atoms with Crippen LogP contribution in [0.4, 0.5) is 0 Å². The number of aliphatic carboxylic acids is 1. The zero-order valence-electron chi connectivity index (χ0n) is 11.6. The maximum absolute atomic E-state index is 12.8. The Kier molecular flexibility index (Phi) is 5.22. The molecule has 116 valence electrons. The van der Waals surface area contributed by atoms with Crippen LogP contribution in [0, 0.1) is 9.49 Å². The molecular formula is C13H16INO4S2. The van der Waals surface area contributed by atoms with E-state index >= 15 is 0 Å². The molecule has 1 aromatic carbocycles. The number of hydrogen-bond donors (Lipinski definition) is 1. The first-order chi connectivity index (χ1) is 9.75. The highest BCUT2D eigenvalue weighted by Gasteiger charge is 2.47. The number of thioether (sulfide) groups is 1. The molecule has 1 fully saturated rings. The maximum Gasteiger partial charge on any atom is 0.322 e. The lowest BCUT2D eigenvalue weighted by Gasteiger charge is -2.28. The first kappa shape index (κ1) is 17.0. The van der Waals surface area contributed by atoms with Crippen LogP contribution in [0.5, 0.6) is 0 Å². The van der Waals surface area contributed by atoms with Gasteiger partial charge in [-0.2, -0.15) is 4.31 Å². The summed E-state index contributed by atoms with van der Waals surface area (Å²) in [5, 5.41) is 8.97. The lowest BCUT2D eigenvalue weighted by atomic mass is 10.2. The van der Waals surface area contributed by atoms with Crippen LogP contribution >= 0.6 is 34.4 Å². The Morgan fingerprint density at radius 2 is 1.95 bits per heavy atom. The minimum atomic E-state index is -3.82. The lowest BCUT2D eigenvalue weighted by Crippen LogP contribution is -2.46. The standard InChI is InChI=1S/C13H16INO4S2/c1-8(2)12-15(11(7-20-12)13(16)17)21(18,19)10-5-3-9(14)4-6-10/h3-6,8,11-12H,7H2,1-2H3,(H,16,17). The molecule has 0 amide bonds. The van der Waals surface area contributed by atoms with E-state index in [4.69, 9.17) is 0 Å². The second-order valence-electron chi connectivity index (χ2n) is 5.11. The summed E-state index contributed by atoms with van der Waals surface area (Å²) in [6.07, 6.45) is 0. The Morgan fingerprint density at radius 3 is 2.43 bits per heavy atom. The summed E-state index contributed by atoms with van der Waals surface area (Å²) in [4.78, 5) is 11.5. The third kappa shape index (κ3) is 3.38. The highest BCUT2D eigenvalue weighted by molar-refractivity contribution is 14.1. The predicted octanol–water partition coefficient (Wildman–Crippen LogP) is 2.46. The van der Waals surface area contributed by atoms with Crippen molar-refractivity contribution in [2.45, 2.75) is 30.2 Å². The van der Waals surface area contributed by atoms with E-state index in [1.807, 2.05) is 13.8 Å². The largest absolute Gasteiger partial charge is 0.480 e. The summed E-state index contributed by atoms with van der Waals surface area (Å²) in [6, 6.07) is 5.45. The number of rotatable bonds is 4. The molecule has 2 unspecified atom stereocenters. The van der Waals surface area contributed by atoms with Crippen molar-refractivity contribution >= 4 is 50.3 Å². The van der Waals surface area contributed by atoms with Crippen LogP contribution in [0.2, 0.25) is 0 Å². The van der Waals surface area contributed by atoms with Gasteiger partial charge in [0.15, 0.2) is 0 Å². The number of carbonyl (C=O) groups is 1. The molecule has 0 bridgehead atoms. The highest BCUT2D eigenvalue weighted by atomic mass is 127. The van der Waals surface area contributed by atoms with Gasteiger partial charge in [0.1, 0.15) is 6.04 Å². The fraction of sp³-hybridized carbons (Fsp3) is 0.462. The van der Waals surface area contributed by atoms with Crippen LogP contribution in [0.25, 0.3) is 0 Å². The number of carboxylic acids is 1. The number of halogens is 1. The zero-order valence-corrected chi connectivity index (χ0v) is 15.4. The van der Waals surface area contributed by atoms with Crippen molar-refractivity contribution in [3.8, 4) is 0 Å². The van der Waals surface area contributed by atoms with Crippen LogP contribution in [0.3, 0.4) is 0 Å². The van der Waals surface area contributed by atoms with Crippen molar-refractivity contribution in [3.05, 3.63) is 27.8 Å². The molecular weight excluding hydrogens is 425 g/mol. The zero-order chi connectivity index (χ0) is 15.8. The Hall–Kier alpha value is -0.320. The van der Waals surface area contributed by atoms with Crippen LogP contribution in [-0.2, 0) is 14.8 Å². The Bertz CT molecular complexity index is 630. The van der Waals surface area contributed by atoms with Gasteiger partial charge in [0.05, 0.1) is 10.3 Å². The van der Waals surface area contributed by atoms with Crippen LogP contribution in [0.1, 0.15) is 13.8 Å². The average Bonchev–Trinajstić information content (AvgIpc) is 2.84. The molecule has 8 heteroatoms. The SMILES string of the molecule is CC(C)C1SCC(C(=O)O)N1S(=O)(=O)c1ccc(I)cc1. The van der Waals surface area contributed by atoms with Crippen LogP contribution < -0.4 is 0 Å². The van der Waals surface area contributed by atoms with Crippen molar-refractivity contribution in [1.29, 1.82) is 0 Å². The third-order valence-electron chi connectivity index (χ3n) is 3.23. The van der Waals surface area contributed by atoms with Gasteiger partial charge in [-0.1, -0.05) is 13.8 Å². The first-order valence-electron chi connectivity index (χ1n) is 6.38. The summed E-state index contributed by atoms with van der Waals surface area (Å²) >= 11 is 3.48. The summed E-state index contributed by atoms with van der Waals surface area (Å²) in [5.74, 6) is -0.778. The molecule has 1 N–H and O–H groups in total. The highest BCUT2D eigenvalue weighted by Crippen LogP contribution is 2.38. The van der Waals surface area contributed by atoms with Gasteiger partial charge in [-0.05, 0) is 52.8 Å². The van der Waals surface area contributed by atoms with Gasteiger partial charge in [-0.3, -0.25) is 4.79 Å². The number of carboxylic acid groups (broad SMARTS) is 1. The van der Waals surface area contributed by atoms with E-state index in [0.29, 0.717) is 0 Å². The smallest absolute Gasteiger partial charge is 0.322 e. The number of nitrogens with zero attached hydrogens (tertiary/aromatic N) is 1. The molecule has 1 heterocycles. The van der Waals surface area contributed by atoms with Crippen molar-refractivity contribution in [2.24, 2.45) is 5.92 Å². The van der Waals surface area contributed by atoms with Gasteiger partial charge in [0, 0.05) is 9.32 Å². The van der Waals surface area contributed by atoms with Crippen molar-refractivity contribution in [2.75, 3.05) is 5.75 Å². The van der Waals surface area contributed by atoms with E-state index in [2.05, 4.69) is 22.6 Å². The summed E-state index contributed by atoms with van der Waals surface area (Å²) < 4.78 is 27.7. The second kappa shape index (κ2) is 6.43. The summed E-state index contributed by atoms with van der Waals surface area (Å²) in [6.45, 7) is 3.80. The molecule has 0 saturated carbocycles. The van der Waals surface area contributed by atoms with Crippen LogP contribution in [0.15, 0.2) is 29.2 Å². The fourth-order valence-electron chi connectivity index (χ4n) is 2.21. The second-order valence-corrected chi connectivity index (χ2v) is 9.35. The quantitative estimate of drug-likeness (QED) is 0.727. The minimum absolute atomic E-state index is 0.0398. The molecule has 0 radical (unpaired) electrons. The summed E-state index contributed by atoms with van der Waals surface area (Å²) in [5.41, 5.74) is 0. The predicted molar refractivity (Wildman–Crippen MR) is 90.7 cm³/mol. The monoisotopic (exact) mass is 441 g/mol. The molecule has 21 heavy (non-hydrogen) atoms. The van der Waals surface area contributed by atoms with E-state index in [0.717, 1.165) is 7.88 Å². The van der Waals surface area contributed by atoms with Gasteiger partial charge in [0.2, 0.25) is 10.0 Å². The molecule has 0 aliphatic carbocycles. The van der Waals surface area contributed by atoms with Crippen LogP contribution in [-0.4, -0.2) is 41.0 Å². The molecule has 1 aromatic rings. The fourth-order valence-corrected chi connectivity index (χ4v) is 6.29. The molecule has 0 spiro atoms. The topological polar surface area (TPSA) is 74.7 Å². The number of sulfonamides is 1. The molecule has 0 aromatic heterocycles. The van der Waals surface area contributed by atoms with Gasteiger partial charge in [-0.25, -0.2) is 8.42 Å². The normalized spacial score (nSPS) is 23.6. The van der Waals surface area contributed by atoms with E-state index in [9.17, 15) is 18.3 Å². The molecule has 1 aliphatic heterocycles. The van der Waals surface area contributed by atoms with Gasteiger partial charge in [-0.15, -0.1) is 11.8 Å². The molecule has 2 atom stereocenters.